The van der Waals surface area contributed by atoms with Gasteiger partial charge in [-0.05, 0) is 128 Å². The van der Waals surface area contributed by atoms with Gasteiger partial charge in [-0.2, -0.15) is 0 Å². The minimum Gasteiger partial charge on any atom is -0.462 e. The topological polar surface area (TPSA) is 78.9 Å². The van der Waals surface area contributed by atoms with Crippen LogP contribution in [0.2, 0.25) is 0 Å². The van der Waals surface area contributed by atoms with Crippen molar-refractivity contribution in [3.05, 3.63) is 109 Å². The fraction of sp³-hybridized carbons (Fsp3) is 0.716. The smallest absolute Gasteiger partial charge is 0.306 e. The first kappa shape index (κ1) is 76.1. The number of hydrogen-bond acceptors (Lipinski definition) is 6. The van der Waals surface area contributed by atoms with Crippen molar-refractivity contribution in [2.75, 3.05) is 13.2 Å². The molecule has 0 amide bonds. The molecule has 1 atom stereocenters. The predicted molar refractivity (Wildman–Crippen MR) is 348 cm³/mol. The molecule has 0 saturated carbocycles. The van der Waals surface area contributed by atoms with Crippen LogP contribution in [0.15, 0.2) is 109 Å². The number of ether oxygens (including phenoxy) is 3. The summed E-state index contributed by atoms with van der Waals surface area (Å²) >= 11 is 0. The van der Waals surface area contributed by atoms with E-state index in [9.17, 15) is 14.4 Å². The van der Waals surface area contributed by atoms with E-state index in [-0.39, 0.29) is 31.1 Å². The van der Waals surface area contributed by atoms with Crippen molar-refractivity contribution < 1.29 is 28.6 Å². The van der Waals surface area contributed by atoms with Gasteiger partial charge in [0.1, 0.15) is 13.2 Å². The fourth-order valence-corrected chi connectivity index (χ4v) is 9.41. The van der Waals surface area contributed by atoms with Gasteiger partial charge >= 0.3 is 17.9 Å². The summed E-state index contributed by atoms with van der Waals surface area (Å²) in [5.74, 6) is -0.945. The molecule has 80 heavy (non-hydrogen) atoms. The third-order valence-corrected chi connectivity index (χ3v) is 14.5. The highest BCUT2D eigenvalue weighted by Gasteiger charge is 2.19. The van der Waals surface area contributed by atoms with Gasteiger partial charge in [0.15, 0.2) is 6.10 Å². The van der Waals surface area contributed by atoms with Crippen LogP contribution >= 0.6 is 0 Å². The SMILES string of the molecule is CC/C=C\C/C=C\C/C=C\C/C=C\CCCCC(=O)OCC(COC(=O)CCCCCCCCCCCCCCCCCC/C=C\C/C=C\C/C=C\CCCCCCC)OC(=O)CCCCCCC/C=C\C/C=C\CCCCCC. The lowest BCUT2D eigenvalue weighted by Crippen LogP contribution is -2.30. The van der Waals surface area contributed by atoms with Gasteiger partial charge in [0, 0.05) is 19.3 Å². The fourth-order valence-electron chi connectivity index (χ4n) is 9.41. The molecule has 0 aliphatic rings. The van der Waals surface area contributed by atoms with Gasteiger partial charge < -0.3 is 14.2 Å². The molecule has 0 fully saturated rings. The molecule has 0 aromatic rings. The number of esters is 3. The molecule has 0 N–H and O–H groups in total. The Balaban J connectivity index is 4.27. The maximum atomic E-state index is 12.9. The molecule has 0 aliphatic heterocycles. The molecule has 0 spiro atoms. The van der Waals surface area contributed by atoms with Crippen molar-refractivity contribution in [2.45, 2.75) is 329 Å². The Morgan fingerprint density at radius 2 is 0.487 bits per heavy atom. The molecule has 1 unspecified atom stereocenters. The molecule has 0 aromatic carbocycles. The summed E-state index contributed by atoms with van der Waals surface area (Å²) in [6, 6.07) is 0. The van der Waals surface area contributed by atoms with E-state index in [0.717, 1.165) is 122 Å². The highest BCUT2D eigenvalue weighted by atomic mass is 16.6. The van der Waals surface area contributed by atoms with Crippen LogP contribution in [0.4, 0.5) is 0 Å². The summed E-state index contributed by atoms with van der Waals surface area (Å²) < 4.78 is 16.9. The lowest BCUT2D eigenvalue weighted by atomic mass is 10.0. The third kappa shape index (κ3) is 64.9. The van der Waals surface area contributed by atoms with E-state index < -0.39 is 6.10 Å². The number of rotatable bonds is 61. The molecule has 6 nitrogen and oxygen atoms in total. The largest absolute Gasteiger partial charge is 0.462 e. The molecular formula is C74H126O6. The highest BCUT2D eigenvalue weighted by Crippen LogP contribution is 2.16. The van der Waals surface area contributed by atoms with Crippen LogP contribution < -0.4 is 0 Å². The van der Waals surface area contributed by atoms with E-state index in [0.29, 0.717) is 19.3 Å². The van der Waals surface area contributed by atoms with Gasteiger partial charge in [0.2, 0.25) is 0 Å². The molecule has 0 aliphatic carbocycles. The summed E-state index contributed by atoms with van der Waals surface area (Å²) in [7, 11) is 0. The van der Waals surface area contributed by atoms with Crippen LogP contribution in [-0.2, 0) is 28.6 Å². The summed E-state index contributed by atoms with van der Waals surface area (Å²) in [4.78, 5) is 38.3. The zero-order valence-corrected chi connectivity index (χ0v) is 52.6. The van der Waals surface area contributed by atoms with Crippen molar-refractivity contribution in [1.29, 1.82) is 0 Å². The Labute approximate surface area is 495 Å². The summed E-state index contributed by atoms with van der Waals surface area (Å²) in [6.07, 6.45) is 92.6. The Morgan fingerprint density at radius 3 is 0.800 bits per heavy atom. The van der Waals surface area contributed by atoms with Crippen LogP contribution in [0.1, 0.15) is 323 Å². The minimum atomic E-state index is -0.805. The molecule has 0 saturated heterocycles. The van der Waals surface area contributed by atoms with Crippen LogP contribution in [0.25, 0.3) is 0 Å². The van der Waals surface area contributed by atoms with Crippen LogP contribution in [0.3, 0.4) is 0 Å². The Bertz CT molecular complexity index is 1610. The average molecular weight is 1110 g/mol. The van der Waals surface area contributed by atoms with Crippen molar-refractivity contribution >= 4 is 17.9 Å². The summed E-state index contributed by atoms with van der Waals surface area (Å²) in [6.45, 7) is 6.47. The summed E-state index contributed by atoms with van der Waals surface area (Å²) in [5.41, 5.74) is 0. The van der Waals surface area contributed by atoms with Gasteiger partial charge in [0.25, 0.3) is 0 Å². The molecule has 0 aromatic heterocycles. The quantitative estimate of drug-likeness (QED) is 0.0261. The standard InChI is InChI=1S/C74H126O6/c1-4-7-10-13-16-19-22-25-28-30-31-32-33-34-35-36-37-38-39-40-41-42-43-44-47-49-52-55-58-61-64-67-73(76)79-70-71(69-78-72(75)66-63-60-57-54-51-48-45-27-24-21-18-15-12-9-6-3)80-74(77)68-65-62-59-56-53-50-46-29-26-23-20-17-14-11-8-5-2/h9,12,18,20-23,25,27,29-31,33-34,45-46,51,54,71H,4-8,10-11,13-17,19,24,26,28,32,35-44,47-50,52-53,55-70H2,1-3H3/b12-9-,21-18-,23-20-,25-22-,31-30-,34-33-,45-27-,46-29-,54-51-. The number of carbonyl (C=O) groups is 3. The molecule has 0 bridgehead atoms. The number of carbonyl (C=O) groups excluding carboxylic acids is 3. The maximum Gasteiger partial charge on any atom is 0.306 e. The van der Waals surface area contributed by atoms with E-state index in [1.807, 2.05) is 0 Å². The zero-order chi connectivity index (χ0) is 57.8. The molecule has 0 rings (SSSR count). The predicted octanol–water partition coefficient (Wildman–Crippen LogP) is 23.4. The van der Waals surface area contributed by atoms with Crippen molar-refractivity contribution in [3.63, 3.8) is 0 Å². The van der Waals surface area contributed by atoms with E-state index in [1.165, 1.54) is 161 Å². The summed E-state index contributed by atoms with van der Waals surface area (Å²) in [5, 5.41) is 0. The van der Waals surface area contributed by atoms with Gasteiger partial charge in [0.05, 0.1) is 0 Å². The molecule has 0 heterocycles. The van der Waals surface area contributed by atoms with Crippen molar-refractivity contribution in [2.24, 2.45) is 0 Å². The van der Waals surface area contributed by atoms with E-state index in [4.69, 9.17) is 14.2 Å². The minimum absolute atomic E-state index is 0.0965. The van der Waals surface area contributed by atoms with Crippen LogP contribution in [-0.4, -0.2) is 37.2 Å². The second-order valence-corrected chi connectivity index (χ2v) is 22.3. The molecule has 6 heteroatoms. The zero-order valence-electron chi connectivity index (χ0n) is 52.6. The van der Waals surface area contributed by atoms with Crippen molar-refractivity contribution in [1.82, 2.24) is 0 Å². The van der Waals surface area contributed by atoms with Gasteiger partial charge in [-0.3, -0.25) is 14.4 Å². The third-order valence-electron chi connectivity index (χ3n) is 14.5. The Kier molecular flexibility index (Phi) is 64.3. The van der Waals surface area contributed by atoms with Gasteiger partial charge in [-0.25, -0.2) is 0 Å². The van der Waals surface area contributed by atoms with Crippen LogP contribution in [0.5, 0.6) is 0 Å². The maximum absolute atomic E-state index is 12.9. The number of hydrogen-bond donors (Lipinski definition) is 0. The van der Waals surface area contributed by atoms with Gasteiger partial charge in [-0.1, -0.05) is 284 Å². The van der Waals surface area contributed by atoms with E-state index >= 15 is 0 Å². The first-order valence-corrected chi connectivity index (χ1v) is 33.9. The first-order chi connectivity index (χ1) is 39.5. The average Bonchev–Trinajstić information content (AvgIpc) is 3.46. The lowest BCUT2D eigenvalue weighted by molar-refractivity contribution is -0.167. The van der Waals surface area contributed by atoms with Crippen molar-refractivity contribution in [3.8, 4) is 0 Å². The monoisotopic (exact) mass is 1110 g/mol. The van der Waals surface area contributed by atoms with E-state index in [2.05, 4.69) is 130 Å². The molecular weight excluding hydrogens is 985 g/mol. The highest BCUT2D eigenvalue weighted by molar-refractivity contribution is 5.71. The molecule has 0 radical (unpaired) electrons. The van der Waals surface area contributed by atoms with Gasteiger partial charge in [-0.15, -0.1) is 0 Å². The number of unbranched alkanes of at least 4 members (excludes halogenated alkanes) is 32. The first-order valence-electron chi connectivity index (χ1n) is 33.9. The second kappa shape index (κ2) is 67.6. The molecule has 458 valence electrons. The Morgan fingerprint density at radius 1 is 0.263 bits per heavy atom. The normalized spacial score (nSPS) is 12.8. The lowest BCUT2D eigenvalue weighted by Gasteiger charge is -2.18. The van der Waals surface area contributed by atoms with Crippen LogP contribution in [0, 0.1) is 0 Å². The number of allylic oxidation sites excluding steroid dienone is 18. The second-order valence-electron chi connectivity index (χ2n) is 22.3. The van der Waals surface area contributed by atoms with E-state index in [1.54, 1.807) is 0 Å². The Hall–Kier alpha value is -3.93.